The number of imide groups is 1. The first-order valence-electron chi connectivity index (χ1n) is 7.68. The Morgan fingerprint density at radius 2 is 1.95 bits per heavy atom. The lowest BCUT2D eigenvalue weighted by molar-refractivity contribution is -0.120. The van der Waals surface area contributed by atoms with Crippen molar-refractivity contribution in [3.8, 4) is 0 Å². The molecule has 0 spiro atoms. The molecule has 3 amide bonds. The Morgan fingerprint density at radius 3 is 2.64 bits per heavy atom. The van der Waals surface area contributed by atoms with Crippen LogP contribution in [0.25, 0.3) is 0 Å². The predicted molar refractivity (Wildman–Crippen MR) is 83.0 cm³/mol. The van der Waals surface area contributed by atoms with Gasteiger partial charge in [-0.15, -0.1) is 0 Å². The van der Waals surface area contributed by atoms with Crippen LogP contribution < -0.4 is 16.0 Å². The summed E-state index contributed by atoms with van der Waals surface area (Å²) < 4.78 is 13.1. The molecule has 1 aliphatic carbocycles. The quantitative estimate of drug-likeness (QED) is 0.801. The van der Waals surface area contributed by atoms with Gasteiger partial charge in [0.2, 0.25) is 5.91 Å². The average Bonchev–Trinajstić information content (AvgIpc) is 2.48. The Labute approximate surface area is 129 Å². The number of amides is 3. The molecule has 3 N–H and O–H groups in total. The predicted octanol–water partition coefficient (Wildman–Crippen LogP) is 2.78. The van der Waals surface area contributed by atoms with Crippen LogP contribution in [-0.4, -0.2) is 24.0 Å². The molecule has 6 heteroatoms. The van der Waals surface area contributed by atoms with E-state index in [1.165, 1.54) is 18.6 Å². The second-order valence-electron chi connectivity index (χ2n) is 5.67. The van der Waals surface area contributed by atoms with Gasteiger partial charge in [-0.1, -0.05) is 25.3 Å². The first-order chi connectivity index (χ1) is 10.5. The lowest BCUT2D eigenvalue weighted by Gasteiger charge is -2.23. The van der Waals surface area contributed by atoms with E-state index in [0.29, 0.717) is 5.69 Å². The van der Waals surface area contributed by atoms with E-state index in [1.54, 1.807) is 19.1 Å². The summed E-state index contributed by atoms with van der Waals surface area (Å²) in [6.07, 6.45) is 5.33. The van der Waals surface area contributed by atoms with Crippen LogP contribution in [-0.2, 0) is 4.79 Å². The molecule has 2 rings (SSSR count). The number of nitrogens with one attached hydrogen (secondary N) is 3. The van der Waals surface area contributed by atoms with Gasteiger partial charge in [0.05, 0.1) is 0 Å². The van der Waals surface area contributed by atoms with Gasteiger partial charge in [0.1, 0.15) is 11.9 Å². The van der Waals surface area contributed by atoms with Gasteiger partial charge in [-0.05, 0) is 38.0 Å². The number of halogens is 1. The molecule has 0 aromatic heterocycles. The molecule has 1 aromatic carbocycles. The Morgan fingerprint density at radius 1 is 1.23 bits per heavy atom. The zero-order chi connectivity index (χ0) is 15.9. The van der Waals surface area contributed by atoms with E-state index in [4.69, 9.17) is 0 Å². The number of anilines is 1. The third-order valence-corrected chi connectivity index (χ3v) is 3.78. The van der Waals surface area contributed by atoms with Crippen LogP contribution in [0.1, 0.15) is 39.0 Å². The molecular formula is C16H22FN3O2. The molecule has 1 saturated carbocycles. The molecule has 0 radical (unpaired) electrons. The number of hydrogen-bond donors (Lipinski definition) is 3. The Balaban J connectivity index is 1.79. The van der Waals surface area contributed by atoms with Gasteiger partial charge in [-0.2, -0.15) is 0 Å². The van der Waals surface area contributed by atoms with Crippen molar-refractivity contribution < 1.29 is 14.0 Å². The van der Waals surface area contributed by atoms with Gasteiger partial charge in [-0.25, -0.2) is 9.18 Å². The summed E-state index contributed by atoms with van der Waals surface area (Å²) in [4.78, 5) is 23.8. The van der Waals surface area contributed by atoms with Crippen LogP contribution in [0.2, 0.25) is 0 Å². The van der Waals surface area contributed by atoms with Gasteiger partial charge in [0, 0.05) is 11.7 Å². The maximum atomic E-state index is 13.1. The molecule has 0 heterocycles. The van der Waals surface area contributed by atoms with Crippen molar-refractivity contribution in [3.63, 3.8) is 0 Å². The maximum Gasteiger partial charge on any atom is 0.321 e. The minimum absolute atomic E-state index is 0.146. The highest BCUT2D eigenvalue weighted by Crippen LogP contribution is 2.17. The van der Waals surface area contributed by atoms with Crippen molar-refractivity contribution >= 4 is 17.6 Å². The molecule has 0 saturated heterocycles. The lowest BCUT2D eigenvalue weighted by atomic mass is 9.96. The number of urea groups is 1. The lowest BCUT2D eigenvalue weighted by Crippen LogP contribution is -2.49. The molecule has 1 atom stereocenters. The summed E-state index contributed by atoms with van der Waals surface area (Å²) in [5.74, 6) is -0.828. The highest BCUT2D eigenvalue weighted by molar-refractivity contribution is 5.98. The number of hydrogen-bond acceptors (Lipinski definition) is 3. The van der Waals surface area contributed by atoms with Crippen LogP contribution in [0, 0.1) is 5.82 Å². The standard InChI is InChI=1S/C16H22FN3O2/c1-11(18-14-9-5-6-12(17)10-14)15(21)20-16(22)19-13-7-3-2-4-8-13/h5-6,9-11,13,18H,2-4,7-8H2,1H3,(H2,19,20,21,22)/t11-/m1/s1. The molecule has 1 fully saturated rings. The number of benzene rings is 1. The van der Waals surface area contributed by atoms with Crippen molar-refractivity contribution in [3.05, 3.63) is 30.1 Å². The van der Waals surface area contributed by atoms with Crippen molar-refractivity contribution in [1.82, 2.24) is 10.6 Å². The second kappa shape index (κ2) is 7.77. The van der Waals surface area contributed by atoms with Crippen LogP contribution in [0.15, 0.2) is 24.3 Å². The molecule has 120 valence electrons. The molecule has 0 aliphatic heterocycles. The molecule has 0 unspecified atom stereocenters. The third kappa shape index (κ3) is 5.02. The van der Waals surface area contributed by atoms with E-state index in [1.807, 2.05) is 0 Å². The van der Waals surface area contributed by atoms with Crippen LogP contribution in [0.4, 0.5) is 14.9 Å². The fraction of sp³-hybridized carbons (Fsp3) is 0.500. The van der Waals surface area contributed by atoms with E-state index in [9.17, 15) is 14.0 Å². The normalized spacial score (nSPS) is 16.6. The summed E-state index contributed by atoms with van der Waals surface area (Å²) >= 11 is 0. The van der Waals surface area contributed by atoms with Gasteiger partial charge in [0.25, 0.3) is 0 Å². The zero-order valence-electron chi connectivity index (χ0n) is 12.7. The Kier molecular flexibility index (Phi) is 5.75. The number of rotatable bonds is 4. The summed E-state index contributed by atoms with van der Waals surface area (Å²) in [7, 11) is 0. The average molecular weight is 307 g/mol. The number of carbonyl (C=O) groups is 2. The molecule has 22 heavy (non-hydrogen) atoms. The highest BCUT2D eigenvalue weighted by atomic mass is 19.1. The van der Waals surface area contributed by atoms with Gasteiger partial charge >= 0.3 is 6.03 Å². The summed E-state index contributed by atoms with van der Waals surface area (Å²) in [6, 6.07) is 4.88. The minimum atomic E-state index is -0.640. The van der Waals surface area contributed by atoms with E-state index < -0.39 is 18.0 Å². The monoisotopic (exact) mass is 307 g/mol. The molecule has 5 nitrogen and oxygen atoms in total. The fourth-order valence-corrected chi connectivity index (χ4v) is 2.58. The van der Waals surface area contributed by atoms with Crippen molar-refractivity contribution in [2.24, 2.45) is 0 Å². The second-order valence-corrected chi connectivity index (χ2v) is 5.67. The van der Waals surface area contributed by atoms with Crippen molar-refractivity contribution in [2.75, 3.05) is 5.32 Å². The first-order valence-corrected chi connectivity index (χ1v) is 7.68. The first kappa shape index (κ1) is 16.3. The van der Waals surface area contributed by atoms with Crippen LogP contribution in [0.3, 0.4) is 0 Å². The van der Waals surface area contributed by atoms with Gasteiger partial charge in [0.15, 0.2) is 0 Å². The smallest absolute Gasteiger partial charge is 0.321 e. The van der Waals surface area contributed by atoms with Gasteiger partial charge in [-0.3, -0.25) is 10.1 Å². The summed E-state index contributed by atoms with van der Waals surface area (Å²) in [5, 5.41) is 8.00. The Hall–Kier alpha value is -2.11. The summed E-state index contributed by atoms with van der Waals surface area (Å²) in [5.41, 5.74) is 0.496. The van der Waals surface area contributed by atoms with Crippen molar-refractivity contribution in [2.45, 2.75) is 51.1 Å². The zero-order valence-corrected chi connectivity index (χ0v) is 12.7. The molecule has 1 aromatic rings. The SMILES string of the molecule is C[C@@H](Nc1cccc(F)c1)C(=O)NC(=O)NC1CCCCC1. The molecule has 0 bridgehead atoms. The maximum absolute atomic E-state index is 13.1. The summed E-state index contributed by atoms with van der Waals surface area (Å²) in [6.45, 7) is 1.62. The Bertz CT molecular complexity index is 530. The molecular weight excluding hydrogens is 285 g/mol. The molecule has 1 aliphatic rings. The van der Waals surface area contributed by atoms with E-state index >= 15 is 0 Å². The third-order valence-electron chi connectivity index (χ3n) is 3.78. The topological polar surface area (TPSA) is 70.2 Å². The largest absolute Gasteiger partial charge is 0.374 e. The fourth-order valence-electron chi connectivity index (χ4n) is 2.58. The highest BCUT2D eigenvalue weighted by Gasteiger charge is 2.19. The van der Waals surface area contributed by atoms with Crippen molar-refractivity contribution in [1.29, 1.82) is 0 Å². The van der Waals surface area contributed by atoms with Crippen LogP contribution >= 0.6 is 0 Å². The van der Waals surface area contributed by atoms with Crippen LogP contribution in [0.5, 0.6) is 0 Å². The minimum Gasteiger partial charge on any atom is -0.374 e. The van der Waals surface area contributed by atoms with Gasteiger partial charge < -0.3 is 10.6 Å². The number of carbonyl (C=O) groups excluding carboxylic acids is 2. The van der Waals surface area contributed by atoms with E-state index in [2.05, 4.69) is 16.0 Å². The van der Waals surface area contributed by atoms with E-state index in [0.717, 1.165) is 25.7 Å². The van der Waals surface area contributed by atoms with E-state index in [-0.39, 0.29) is 11.9 Å².